The van der Waals surface area contributed by atoms with Crippen LogP contribution in [0.25, 0.3) is 0 Å². The van der Waals surface area contributed by atoms with E-state index in [0.29, 0.717) is 5.41 Å². The molecule has 94 valence electrons. The van der Waals surface area contributed by atoms with E-state index in [0.717, 1.165) is 6.54 Å². The van der Waals surface area contributed by atoms with E-state index in [9.17, 15) is 0 Å². The second-order valence-electron chi connectivity index (χ2n) is 5.60. The highest BCUT2D eigenvalue weighted by Gasteiger charge is 2.32. The molecule has 2 rings (SSSR count). The second-order valence-corrected chi connectivity index (χ2v) is 5.60. The van der Waals surface area contributed by atoms with Gasteiger partial charge in [-0.25, -0.2) is 0 Å². The summed E-state index contributed by atoms with van der Waals surface area (Å²) in [4.78, 5) is 2.60. The number of hydrogen-bond donors (Lipinski definition) is 1. The molecule has 1 aromatic rings. The molecule has 0 aliphatic carbocycles. The Kier molecular flexibility index (Phi) is 4.19. The smallest absolute Gasteiger partial charge is 0.00481 e. The third kappa shape index (κ3) is 3.55. The van der Waals surface area contributed by atoms with Gasteiger partial charge in [-0.05, 0) is 37.4 Å². The number of rotatable bonds is 5. The summed E-state index contributed by atoms with van der Waals surface area (Å²) >= 11 is 0. The van der Waals surface area contributed by atoms with Crippen molar-refractivity contribution in [2.75, 3.05) is 33.2 Å². The Morgan fingerprint density at radius 1 is 1.29 bits per heavy atom. The van der Waals surface area contributed by atoms with Gasteiger partial charge in [0.05, 0.1) is 0 Å². The van der Waals surface area contributed by atoms with Crippen LogP contribution in [0.5, 0.6) is 0 Å². The topological polar surface area (TPSA) is 15.3 Å². The zero-order chi connectivity index (χ0) is 12.1. The van der Waals surface area contributed by atoms with Gasteiger partial charge in [0.1, 0.15) is 0 Å². The molecule has 1 saturated heterocycles. The summed E-state index contributed by atoms with van der Waals surface area (Å²) in [7, 11) is 2.05. The summed E-state index contributed by atoms with van der Waals surface area (Å²) in [6.07, 6.45) is 2.50. The highest BCUT2D eigenvalue weighted by Crippen LogP contribution is 2.28. The molecule has 1 aliphatic rings. The molecule has 17 heavy (non-hydrogen) atoms. The summed E-state index contributed by atoms with van der Waals surface area (Å²) in [6.45, 7) is 7.22. The molecule has 1 aliphatic heterocycles. The standard InChI is InChI=1S/C15H24N2/c1-15(12-16-2)9-11-17(13-15)10-8-14-6-4-3-5-7-14/h3-7,16H,8-13H2,1-2H3. The van der Waals surface area contributed by atoms with E-state index in [1.54, 1.807) is 0 Å². The van der Waals surface area contributed by atoms with Crippen LogP contribution in [0.3, 0.4) is 0 Å². The minimum absolute atomic E-state index is 0.478. The van der Waals surface area contributed by atoms with Crippen molar-refractivity contribution in [1.82, 2.24) is 10.2 Å². The molecule has 0 bridgehead atoms. The molecule has 0 saturated carbocycles. The average molecular weight is 232 g/mol. The van der Waals surface area contributed by atoms with Gasteiger partial charge in [-0.1, -0.05) is 37.3 Å². The summed E-state index contributed by atoms with van der Waals surface area (Å²) in [6, 6.07) is 10.8. The Morgan fingerprint density at radius 2 is 2.06 bits per heavy atom. The van der Waals surface area contributed by atoms with Gasteiger partial charge in [-0.15, -0.1) is 0 Å². The SMILES string of the molecule is CNCC1(C)CCN(CCc2ccccc2)C1. The van der Waals surface area contributed by atoms with Crippen molar-refractivity contribution in [2.45, 2.75) is 19.8 Å². The van der Waals surface area contributed by atoms with Gasteiger partial charge < -0.3 is 10.2 Å². The van der Waals surface area contributed by atoms with Crippen LogP contribution in [0.4, 0.5) is 0 Å². The first-order valence-corrected chi connectivity index (χ1v) is 6.63. The molecule has 2 nitrogen and oxygen atoms in total. The Bertz CT molecular complexity index is 336. The van der Waals surface area contributed by atoms with Crippen LogP contribution >= 0.6 is 0 Å². The third-order valence-electron chi connectivity index (χ3n) is 3.80. The molecule has 1 atom stereocenters. The van der Waals surface area contributed by atoms with Crippen molar-refractivity contribution in [1.29, 1.82) is 0 Å². The molecule has 0 radical (unpaired) electrons. The van der Waals surface area contributed by atoms with Crippen LogP contribution in [0.1, 0.15) is 18.9 Å². The predicted octanol–water partition coefficient (Wildman–Crippen LogP) is 2.16. The van der Waals surface area contributed by atoms with Crippen LogP contribution in [-0.2, 0) is 6.42 Å². The Morgan fingerprint density at radius 3 is 2.76 bits per heavy atom. The fourth-order valence-corrected chi connectivity index (χ4v) is 2.82. The summed E-state index contributed by atoms with van der Waals surface area (Å²) in [5, 5.41) is 3.32. The maximum atomic E-state index is 3.32. The summed E-state index contributed by atoms with van der Waals surface area (Å²) in [5.41, 5.74) is 1.93. The monoisotopic (exact) mass is 232 g/mol. The Hall–Kier alpha value is -0.860. The Labute approximate surface area is 105 Å². The molecule has 1 fully saturated rings. The predicted molar refractivity (Wildman–Crippen MR) is 73.2 cm³/mol. The van der Waals surface area contributed by atoms with Crippen molar-refractivity contribution < 1.29 is 0 Å². The van der Waals surface area contributed by atoms with Crippen molar-refractivity contribution in [3.05, 3.63) is 35.9 Å². The van der Waals surface area contributed by atoms with E-state index in [-0.39, 0.29) is 0 Å². The summed E-state index contributed by atoms with van der Waals surface area (Å²) in [5.74, 6) is 0. The lowest BCUT2D eigenvalue weighted by Gasteiger charge is -2.24. The van der Waals surface area contributed by atoms with Crippen LogP contribution in [-0.4, -0.2) is 38.1 Å². The molecule has 0 spiro atoms. The van der Waals surface area contributed by atoms with Gasteiger partial charge in [0.15, 0.2) is 0 Å². The number of nitrogens with one attached hydrogen (secondary N) is 1. The van der Waals surface area contributed by atoms with Crippen LogP contribution in [0, 0.1) is 5.41 Å². The minimum Gasteiger partial charge on any atom is -0.319 e. The highest BCUT2D eigenvalue weighted by atomic mass is 15.2. The van der Waals surface area contributed by atoms with Gasteiger partial charge in [-0.3, -0.25) is 0 Å². The van der Waals surface area contributed by atoms with E-state index in [2.05, 4.69) is 54.5 Å². The van der Waals surface area contributed by atoms with E-state index in [1.807, 2.05) is 0 Å². The van der Waals surface area contributed by atoms with Crippen molar-refractivity contribution >= 4 is 0 Å². The molecule has 0 amide bonds. The lowest BCUT2D eigenvalue weighted by atomic mass is 9.90. The number of hydrogen-bond acceptors (Lipinski definition) is 2. The number of benzene rings is 1. The molecular weight excluding hydrogens is 208 g/mol. The second kappa shape index (κ2) is 5.65. The largest absolute Gasteiger partial charge is 0.319 e. The summed E-state index contributed by atoms with van der Waals surface area (Å²) < 4.78 is 0. The molecule has 2 heteroatoms. The Balaban J connectivity index is 1.79. The maximum absolute atomic E-state index is 3.32. The first-order chi connectivity index (χ1) is 8.22. The maximum Gasteiger partial charge on any atom is 0.00481 e. The molecular formula is C15H24N2. The molecule has 1 heterocycles. The van der Waals surface area contributed by atoms with Gasteiger partial charge in [0.25, 0.3) is 0 Å². The van der Waals surface area contributed by atoms with Crippen LogP contribution < -0.4 is 5.32 Å². The van der Waals surface area contributed by atoms with Crippen molar-refractivity contribution in [3.63, 3.8) is 0 Å². The first-order valence-electron chi connectivity index (χ1n) is 6.63. The quantitative estimate of drug-likeness (QED) is 0.837. The lowest BCUT2D eigenvalue weighted by Crippen LogP contribution is -2.33. The fourth-order valence-electron chi connectivity index (χ4n) is 2.82. The van der Waals surface area contributed by atoms with Gasteiger partial charge in [-0.2, -0.15) is 0 Å². The molecule has 1 N–H and O–H groups in total. The van der Waals surface area contributed by atoms with E-state index >= 15 is 0 Å². The fraction of sp³-hybridized carbons (Fsp3) is 0.600. The average Bonchev–Trinajstić information content (AvgIpc) is 2.70. The lowest BCUT2D eigenvalue weighted by molar-refractivity contribution is 0.273. The van der Waals surface area contributed by atoms with Crippen LogP contribution in [0.15, 0.2) is 30.3 Å². The van der Waals surface area contributed by atoms with Gasteiger partial charge >= 0.3 is 0 Å². The molecule has 0 aromatic heterocycles. The normalized spacial score (nSPS) is 25.3. The zero-order valence-corrected chi connectivity index (χ0v) is 11.1. The molecule has 1 aromatic carbocycles. The first kappa shape index (κ1) is 12.6. The van der Waals surface area contributed by atoms with Gasteiger partial charge in [0, 0.05) is 19.6 Å². The third-order valence-corrected chi connectivity index (χ3v) is 3.80. The van der Waals surface area contributed by atoms with Gasteiger partial charge in [0.2, 0.25) is 0 Å². The molecule has 1 unspecified atom stereocenters. The minimum atomic E-state index is 0.478. The van der Waals surface area contributed by atoms with Crippen molar-refractivity contribution in [2.24, 2.45) is 5.41 Å². The van der Waals surface area contributed by atoms with E-state index in [4.69, 9.17) is 0 Å². The number of likely N-dealkylation sites (tertiary alicyclic amines) is 1. The number of nitrogens with zero attached hydrogens (tertiary/aromatic N) is 1. The zero-order valence-electron chi connectivity index (χ0n) is 11.1. The van der Waals surface area contributed by atoms with E-state index in [1.165, 1.54) is 38.0 Å². The van der Waals surface area contributed by atoms with Crippen molar-refractivity contribution in [3.8, 4) is 0 Å². The highest BCUT2D eigenvalue weighted by molar-refractivity contribution is 5.14. The van der Waals surface area contributed by atoms with Crippen LogP contribution in [0.2, 0.25) is 0 Å². The van der Waals surface area contributed by atoms with E-state index < -0.39 is 0 Å².